The van der Waals surface area contributed by atoms with Gasteiger partial charge in [0.05, 0.1) is 31.1 Å². The van der Waals surface area contributed by atoms with Crippen molar-refractivity contribution in [3.8, 4) is 17.6 Å². The minimum atomic E-state index is -0.426. The van der Waals surface area contributed by atoms with Crippen LogP contribution < -0.4 is 4.74 Å². The summed E-state index contributed by atoms with van der Waals surface area (Å²) in [6, 6.07) is 4.89. The van der Waals surface area contributed by atoms with Gasteiger partial charge in [0.1, 0.15) is 5.75 Å². The van der Waals surface area contributed by atoms with Gasteiger partial charge in [-0.3, -0.25) is 4.79 Å². The van der Waals surface area contributed by atoms with Gasteiger partial charge < -0.3 is 9.47 Å². The van der Waals surface area contributed by atoms with Crippen LogP contribution >= 0.6 is 11.8 Å². The second kappa shape index (κ2) is 7.49. The molecule has 4 nitrogen and oxygen atoms in total. The summed E-state index contributed by atoms with van der Waals surface area (Å²) in [5.74, 6) is 6.27. The van der Waals surface area contributed by atoms with E-state index in [1.807, 2.05) is 0 Å². The number of benzene rings is 1. The van der Waals surface area contributed by atoms with E-state index in [4.69, 9.17) is 4.74 Å². The van der Waals surface area contributed by atoms with E-state index in [2.05, 4.69) is 16.6 Å². The van der Waals surface area contributed by atoms with Crippen LogP contribution in [0.15, 0.2) is 18.2 Å². The second-order valence-electron chi connectivity index (χ2n) is 3.49. The molecule has 1 aromatic carbocycles. The Balaban J connectivity index is 2.90. The monoisotopic (exact) mass is 278 g/mol. The molecule has 0 N–H and O–H groups in total. The van der Waals surface area contributed by atoms with Gasteiger partial charge in [0.2, 0.25) is 0 Å². The molecule has 5 heteroatoms. The van der Waals surface area contributed by atoms with Gasteiger partial charge in [-0.05, 0) is 18.2 Å². The maximum absolute atomic E-state index is 11.4. The summed E-state index contributed by atoms with van der Waals surface area (Å²) in [5, 5.41) is 0.0299. The Kier molecular flexibility index (Phi) is 5.97. The van der Waals surface area contributed by atoms with Crippen LogP contribution in [-0.4, -0.2) is 31.1 Å². The van der Waals surface area contributed by atoms with Gasteiger partial charge in [-0.25, -0.2) is 4.79 Å². The SMILES string of the molecule is COC(=O)c1ccc(C#CCSC(C)=O)c(OC)c1. The van der Waals surface area contributed by atoms with Crippen molar-refractivity contribution >= 4 is 22.8 Å². The van der Waals surface area contributed by atoms with Crippen molar-refractivity contribution in [1.82, 2.24) is 0 Å². The van der Waals surface area contributed by atoms with Crippen LogP contribution in [0.4, 0.5) is 0 Å². The van der Waals surface area contributed by atoms with Crippen molar-refractivity contribution in [2.45, 2.75) is 6.92 Å². The van der Waals surface area contributed by atoms with Crippen molar-refractivity contribution in [1.29, 1.82) is 0 Å². The molecule has 1 aromatic rings. The predicted octanol–water partition coefficient (Wildman–Crippen LogP) is 2.11. The molecular weight excluding hydrogens is 264 g/mol. The zero-order valence-electron chi connectivity index (χ0n) is 11.0. The highest BCUT2D eigenvalue weighted by atomic mass is 32.2. The van der Waals surface area contributed by atoms with Crippen LogP contribution in [0.1, 0.15) is 22.8 Å². The number of ether oxygens (including phenoxy) is 2. The summed E-state index contributed by atoms with van der Waals surface area (Å²) in [6.07, 6.45) is 0. The quantitative estimate of drug-likeness (QED) is 0.626. The lowest BCUT2D eigenvalue weighted by molar-refractivity contribution is -0.109. The van der Waals surface area contributed by atoms with Crippen LogP contribution in [0, 0.1) is 11.8 Å². The minimum absolute atomic E-state index is 0.0299. The number of hydrogen-bond acceptors (Lipinski definition) is 5. The molecule has 0 aromatic heterocycles. The Morgan fingerprint density at radius 1 is 1.32 bits per heavy atom. The van der Waals surface area contributed by atoms with Crippen molar-refractivity contribution in [3.05, 3.63) is 29.3 Å². The van der Waals surface area contributed by atoms with Crippen molar-refractivity contribution in [3.63, 3.8) is 0 Å². The van der Waals surface area contributed by atoms with Gasteiger partial charge in [-0.1, -0.05) is 23.6 Å². The van der Waals surface area contributed by atoms with Crippen molar-refractivity contribution < 1.29 is 19.1 Å². The molecule has 0 heterocycles. The maximum atomic E-state index is 11.4. The highest BCUT2D eigenvalue weighted by Crippen LogP contribution is 2.19. The Morgan fingerprint density at radius 2 is 2.05 bits per heavy atom. The number of esters is 1. The summed E-state index contributed by atoms with van der Waals surface area (Å²) in [5.41, 5.74) is 1.07. The third-order valence-corrected chi connectivity index (χ3v) is 2.89. The van der Waals surface area contributed by atoms with Crippen LogP contribution in [0.5, 0.6) is 5.75 Å². The summed E-state index contributed by atoms with van der Waals surface area (Å²) >= 11 is 1.15. The molecule has 0 radical (unpaired) electrons. The second-order valence-corrected chi connectivity index (χ2v) is 4.64. The number of thioether (sulfide) groups is 1. The molecule has 100 valence electrons. The molecule has 0 bridgehead atoms. The molecule has 1 rings (SSSR count). The summed E-state index contributed by atoms with van der Waals surface area (Å²) in [6.45, 7) is 1.50. The lowest BCUT2D eigenvalue weighted by atomic mass is 10.1. The first-order chi connectivity index (χ1) is 9.08. The van der Waals surface area contributed by atoms with E-state index in [0.29, 0.717) is 22.6 Å². The van der Waals surface area contributed by atoms with Gasteiger partial charge in [-0.2, -0.15) is 0 Å². The molecule has 0 atom stereocenters. The molecule has 0 spiro atoms. The topological polar surface area (TPSA) is 52.6 Å². The average molecular weight is 278 g/mol. The molecule has 0 aliphatic rings. The van der Waals surface area contributed by atoms with Crippen molar-refractivity contribution in [2.75, 3.05) is 20.0 Å². The molecule has 19 heavy (non-hydrogen) atoms. The van der Waals surface area contributed by atoms with Gasteiger partial charge in [-0.15, -0.1) is 0 Å². The van der Waals surface area contributed by atoms with Crippen LogP contribution in [-0.2, 0) is 9.53 Å². The Bertz CT molecular complexity index is 540. The third kappa shape index (κ3) is 4.68. The van der Waals surface area contributed by atoms with E-state index in [9.17, 15) is 9.59 Å². The average Bonchev–Trinajstić information content (AvgIpc) is 2.42. The maximum Gasteiger partial charge on any atom is 0.337 e. The molecule has 0 unspecified atom stereocenters. The zero-order chi connectivity index (χ0) is 14.3. The molecule has 0 fully saturated rings. The number of hydrogen-bond donors (Lipinski definition) is 0. The highest BCUT2D eigenvalue weighted by molar-refractivity contribution is 8.13. The summed E-state index contributed by atoms with van der Waals surface area (Å²) in [4.78, 5) is 22.1. The van der Waals surface area contributed by atoms with E-state index in [1.54, 1.807) is 18.2 Å². The smallest absolute Gasteiger partial charge is 0.337 e. The minimum Gasteiger partial charge on any atom is -0.495 e. The Morgan fingerprint density at radius 3 is 2.63 bits per heavy atom. The summed E-state index contributed by atoms with van der Waals surface area (Å²) in [7, 11) is 2.83. The molecule has 0 amide bonds. The van der Waals surface area contributed by atoms with Crippen LogP contribution in [0.2, 0.25) is 0 Å². The summed E-state index contributed by atoms with van der Waals surface area (Å²) < 4.78 is 9.80. The number of carbonyl (C=O) groups is 2. The molecule has 0 aliphatic carbocycles. The third-order valence-electron chi connectivity index (χ3n) is 2.19. The predicted molar refractivity (Wildman–Crippen MR) is 74.4 cm³/mol. The fourth-order valence-corrected chi connectivity index (χ4v) is 1.66. The number of methoxy groups -OCH3 is 2. The molecule has 0 saturated heterocycles. The first kappa shape index (κ1) is 15.1. The first-order valence-corrected chi connectivity index (χ1v) is 6.45. The van der Waals surface area contributed by atoms with E-state index in [1.165, 1.54) is 21.1 Å². The molecule has 0 saturated carbocycles. The van der Waals surface area contributed by atoms with E-state index in [-0.39, 0.29) is 5.12 Å². The van der Waals surface area contributed by atoms with E-state index in [0.717, 1.165) is 11.8 Å². The number of rotatable bonds is 3. The normalized spacial score (nSPS) is 9.21. The lowest BCUT2D eigenvalue weighted by Gasteiger charge is -2.05. The lowest BCUT2D eigenvalue weighted by Crippen LogP contribution is -2.02. The largest absolute Gasteiger partial charge is 0.495 e. The molecule has 0 aliphatic heterocycles. The fraction of sp³-hybridized carbons (Fsp3) is 0.286. The highest BCUT2D eigenvalue weighted by Gasteiger charge is 2.08. The van der Waals surface area contributed by atoms with Gasteiger partial charge in [0.15, 0.2) is 5.12 Å². The van der Waals surface area contributed by atoms with Crippen LogP contribution in [0.3, 0.4) is 0 Å². The Labute approximate surface area is 116 Å². The van der Waals surface area contributed by atoms with Gasteiger partial charge >= 0.3 is 5.97 Å². The molecular formula is C14H14O4S. The number of carbonyl (C=O) groups excluding carboxylic acids is 2. The van der Waals surface area contributed by atoms with Gasteiger partial charge in [0.25, 0.3) is 0 Å². The van der Waals surface area contributed by atoms with E-state index < -0.39 is 5.97 Å². The van der Waals surface area contributed by atoms with Gasteiger partial charge in [0, 0.05) is 6.92 Å². The first-order valence-electron chi connectivity index (χ1n) is 5.47. The van der Waals surface area contributed by atoms with Crippen molar-refractivity contribution in [2.24, 2.45) is 0 Å². The zero-order valence-corrected chi connectivity index (χ0v) is 11.8. The fourth-order valence-electron chi connectivity index (χ4n) is 1.31. The Hall–Kier alpha value is -1.93. The van der Waals surface area contributed by atoms with Crippen LogP contribution in [0.25, 0.3) is 0 Å². The van der Waals surface area contributed by atoms with E-state index >= 15 is 0 Å². The standard InChI is InChI=1S/C14H14O4S/c1-10(15)19-8-4-5-11-6-7-12(14(16)18-3)9-13(11)17-2/h6-7,9H,8H2,1-3H3.